The van der Waals surface area contributed by atoms with Gasteiger partial charge in [-0.05, 0) is 23.0 Å². The maximum absolute atomic E-state index is 5.70. The molecular weight excluding hydrogens is 158 g/mol. The normalized spacial score (nSPS) is 11.7. The summed E-state index contributed by atoms with van der Waals surface area (Å²) < 4.78 is 0. The Hall–Kier alpha value is -0.820. The minimum Gasteiger partial charge on any atom is -0.326 e. The molecular formula is C12H19N. The van der Waals surface area contributed by atoms with Gasteiger partial charge in [-0.3, -0.25) is 0 Å². The molecule has 0 saturated heterocycles. The second kappa shape index (κ2) is 3.93. The Morgan fingerprint density at radius 1 is 1.23 bits per heavy atom. The van der Waals surface area contributed by atoms with Crippen LogP contribution in [-0.2, 0) is 12.0 Å². The first kappa shape index (κ1) is 10.3. The molecule has 0 aliphatic carbocycles. The Bertz CT molecular complexity index is 276. The Kier molecular flexibility index (Phi) is 3.10. The van der Waals surface area contributed by atoms with Gasteiger partial charge in [-0.15, -0.1) is 0 Å². The molecule has 0 fully saturated rings. The Morgan fingerprint density at radius 3 is 2.38 bits per heavy atom. The average molecular weight is 177 g/mol. The standard InChI is InChI=1S/C12H19N/c1-4-12(2,3)11-8-6-5-7-10(11)9-13/h5-8H,4,9,13H2,1-3H3. The molecule has 13 heavy (non-hydrogen) atoms. The third-order valence-corrected chi connectivity index (χ3v) is 2.85. The van der Waals surface area contributed by atoms with Crippen molar-refractivity contribution >= 4 is 0 Å². The van der Waals surface area contributed by atoms with Gasteiger partial charge < -0.3 is 5.73 Å². The molecule has 1 heteroatoms. The average Bonchev–Trinajstić information content (AvgIpc) is 2.18. The minimum atomic E-state index is 0.246. The van der Waals surface area contributed by atoms with E-state index < -0.39 is 0 Å². The first-order valence-electron chi connectivity index (χ1n) is 4.90. The SMILES string of the molecule is CCC(C)(C)c1ccccc1CN. The van der Waals surface area contributed by atoms with Crippen molar-refractivity contribution in [1.29, 1.82) is 0 Å². The van der Waals surface area contributed by atoms with E-state index >= 15 is 0 Å². The van der Waals surface area contributed by atoms with Crippen molar-refractivity contribution in [2.24, 2.45) is 5.73 Å². The van der Waals surface area contributed by atoms with Crippen LogP contribution in [0.5, 0.6) is 0 Å². The van der Waals surface area contributed by atoms with Crippen molar-refractivity contribution in [1.82, 2.24) is 0 Å². The zero-order valence-corrected chi connectivity index (χ0v) is 8.80. The first-order valence-corrected chi connectivity index (χ1v) is 4.90. The van der Waals surface area contributed by atoms with Crippen molar-refractivity contribution in [3.8, 4) is 0 Å². The van der Waals surface area contributed by atoms with E-state index in [1.54, 1.807) is 0 Å². The van der Waals surface area contributed by atoms with Gasteiger partial charge in [0.05, 0.1) is 0 Å². The third-order valence-electron chi connectivity index (χ3n) is 2.85. The Morgan fingerprint density at radius 2 is 1.85 bits per heavy atom. The summed E-state index contributed by atoms with van der Waals surface area (Å²) in [6.45, 7) is 7.38. The van der Waals surface area contributed by atoms with Crippen LogP contribution in [0.25, 0.3) is 0 Å². The van der Waals surface area contributed by atoms with Gasteiger partial charge >= 0.3 is 0 Å². The zero-order valence-electron chi connectivity index (χ0n) is 8.80. The topological polar surface area (TPSA) is 26.0 Å². The van der Waals surface area contributed by atoms with Gasteiger partial charge in [0.25, 0.3) is 0 Å². The van der Waals surface area contributed by atoms with E-state index in [0.717, 1.165) is 6.42 Å². The van der Waals surface area contributed by atoms with Crippen LogP contribution >= 0.6 is 0 Å². The van der Waals surface area contributed by atoms with Crippen LogP contribution in [-0.4, -0.2) is 0 Å². The highest BCUT2D eigenvalue weighted by molar-refractivity contribution is 5.32. The fraction of sp³-hybridized carbons (Fsp3) is 0.500. The smallest absolute Gasteiger partial charge is 0.0181 e. The van der Waals surface area contributed by atoms with Crippen LogP contribution in [0.2, 0.25) is 0 Å². The molecule has 1 nitrogen and oxygen atoms in total. The number of nitrogens with two attached hydrogens (primary N) is 1. The summed E-state index contributed by atoms with van der Waals surface area (Å²) in [7, 11) is 0. The summed E-state index contributed by atoms with van der Waals surface area (Å²) in [5, 5.41) is 0. The molecule has 72 valence electrons. The highest BCUT2D eigenvalue weighted by Gasteiger charge is 2.19. The van der Waals surface area contributed by atoms with E-state index in [9.17, 15) is 0 Å². The van der Waals surface area contributed by atoms with Crippen LogP contribution in [0, 0.1) is 0 Å². The molecule has 0 aromatic heterocycles. The number of hydrogen-bond acceptors (Lipinski definition) is 1. The molecule has 0 amide bonds. The van der Waals surface area contributed by atoms with Crippen molar-refractivity contribution in [3.63, 3.8) is 0 Å². The van der Waals surface area contributed by atoms with Crippen LogP contribution in [0.1, 0.15) is 38.3 Å². The van der Waals surface area contributed by atoms with Gasteiger partial charge in [0.1, 0.15) is 0 Å². The lowest BCUT2D eigenvalue weighted by molar-refractivity contribution is 0.501. The van der Waals surface area contributed by atoms with Crippen molar-refractivity contribution in [3.05, 3.63) is 35.4 Å². The summed E-state index contributed by atoms with van der Waals surface area (Å²) in [4.78, 5) is 0. The quantitative estimate of drug-likeness (QED) is 0.755. The largest absolute Gasteiger partial charge is 0.326 e. The summed E-state index contributed by atoms with van der Waals surface area (Å²) >= 11 is 0. The Balaban J connectivity index is 3.12. The van der Waals surface area contributed by atoms with Gasteiger partial charge in [0.2, 0.25) is 0 Å². The summed E-state index contributed by atoms with van der Waals surface area (Å²) in [6.07, 6.45) is 1.14. The summed E-state index contributed by atoms with van der Waals surface area (Å²) in [5.41, 5.74) is 8.61. The zero-order chi connectivity index (χ0) is 9.90. The van der Waals surface area contributed by atoms with E-state index in [-0.39, 0.29) is 5.41 Å². The van der Waals surface area contributed by atoms with E-state index in [1.165, 1.54) is 11.1 Å². The maximum Gasteiger partial charge on any atom is 0.0181 e. The summed E-state index contributed by atoms with van der Waals surface area (Å²) in [5.74, 6) is 0. The van der Waals surface area contributed by atoms with Crippen molar-refractivity contribution in [2.45, 2.75) is 39.2 Å². The van der Waals surface area contributed by atoms with Gasteiger partial charge in [0.15, 0.2) is 0 Å². The van der Waals surface area contributed by atoms with Gasteiger partial charge in [-0.25, -0.2) is 0 Å². The highest BCUT2D eigenvalue weighted by Crippen LogP contribution is 2.29. The van der Waals surface area contributed by atoms with Crippen LogP contribution < -0.4 is 5.73 Å². The minimum absolute atomic E-state index is 0.246. The predicted octanol–water partition coefficient (Wildman–Crippen LogP) is 2.83. The molecule has 0 spiro atoms. The molecule has 0 saturated carbocycles. The molecule has 1 rings (SSSR count). The molecule has 0 bridgehead atoms. The van der Waals surface area contributed by atoms with E-state index in [4.69, 9.17) is 5.73 Å². The lowest BCUT2D eigenvalue weighted by Gasteiger charge is -2.25. The predicted molar refractivity (Wildman–Crippen MR) is 57.7 cm³/mol. The van der Waals surface area contributed by atoms with E-state index in [0.29, 0.717) is 6.54 Å². The number of hydrogen-bond donors (Lipinski definition) is 1. The lowest BCUT2D eigenvalue weighted by atomic mass is 9.80. The monoisotopic (exact) mass is 177 g/mol. The molecule has 1 aromatic rings. The molecule has 1 aromatic carbocycles. The van der Waals surface area contributed by atoms with Crippen molar-refractivity contribution < 1.29 is 0 Å². The highest BCUT2D eigenvalue weighted by atomic mass is 14.5. The second-order valence-electron chi connectivity index (χ2n) is 4.10. The summed E-state index contributed by atoms with van der Waals surface area (Å²) in [6, 6.07) is 8.45. The molecule has 0 radical (unpaired) electrons. The van der Waals surface area contributed by atoms with Crippen molar-refractivity contribution in [2.75, 3.05) is 0 Å². The molecule has 0 aliphatic heterocycles. The third kappa shape index (κ3) is 2.10. The van der Waals surface area contributed by atoms with E-state index in [1.807, 2.05) is 0 Å². The Labute approximate surface area is 81.0 Å². The lowest BCUT2D eigenvalue weighted by Crippen LogP contribution is -2.19. The van der Waals surface area contributed by atoms with Crippen LogP contribution in [0.15, 0.2) is 24.3 Å². The fourth-order valence-corrected chi connectivity index (χ4v) is 1.55. The first-order chi connectivity index (χ1) is 6.11. The molecule has 0 heterocycles. The molecule has 2 N–H and O–H groups in total. The van der Waals surface area contributed by atoms with Gasteiger partial charge in [-0.2, -0.15) is 0 Å². The van der Waals surface area contributed by atoms with Gasteiger partial charge in [0, 0.05) is 6.54 Å². The van der Waals surface area contributed by atoms with Crippen LogP contribution in [0.3, 0.4) is 0 Å². The van der Waals surface area contributed by atoms with Crippen LogP contribution in [0.4, 0.5) is 0 Å². The second-order valence-corrected chi connectivity index (χ2v) is 4.10. The van der Waals surface area contributed by atoms with E-state index in [2.05, 4.69) is 45.0 Å². The molecule has 0 atom stereocenters. The fourth-order valence-electron chi connectivity index (χ4n) is 1.55. The van der Waals surface area contributed by atoms with Gasteiger partial charge in [-0.1, -0.05) is 45.0 Å². The number of benzene rings is 1. The molecule has 0 aliphatic rings. The maximum atomic E-state index is 5.70. The number of rotatable bonds is 3. The molecule has 0 unspecified atom stereocenters.